The first kappa shape index (κ1) is 13.8. The molecular formula is C14H18N4S. The molecule has 1 atom stereocenters. The largest absolute Gasteiger partial charge is 0.330 e. The predicted molar refractivity (Wildman–Crippen MR) is 77.9 cm³/mol. The average molecular weight is 274 g/mol. The van der Waals surface area contributed by atoms with Crippen LogP contribution in [0.2, 0.25) is 0 Å². The van der Waals surface area contributed by atoms with Gasteiger partial charge in [-0.05, 0) is 30.8 Å². The number of imidazole rings is 1. The standard InChI is InChI=1S/C14H18N4S/c1-2-6-16-12(11-15)5-8-18-9-7-17-14(18)13-4-3-10-19-13/h3-4,7,9-10,12,16H,2,5-6,8H2,1H3. The first-order valence-electron chi connectivity index (χ1n) is 6.53. The molecule has 0 aliphatic heterocycles. The maximum absolute atomic E-state index is 9.10. The molecule has 0 saturated heterocycles. The van der Waals surface area contributed by atoms with Crippen LogP contribution in [0.15, 0.2) is 29.9 Å². The first-order valence-corrected chi connectivity index (χ1v) is 7.41. The predicted octanol–water partition coefficient (Wildman–Crippen LogP) is 2.89. The van der Waals surface area contributed by atoms with Crippen molar-refractivity contribution in [2.24, 2.45) is 0 Å². The second-order valence-electron chi connectivity index (χ2n) is 4.35. The molecule has 2 aromatic rings. The molecule has 1 unspecified atom stereocenters. The summed E-state index contributed by atoms with van der Waals surface area (Å²) in [5, 5.41) is 14.4. The van der Waals surface area contributed by atoms with E-state index in [4.69, 9.17) is 5.26 Å². The molecule has 0 aromatic carbocycles. The molecule has 100 valence electrons. The minimum Gasteiger partial charge on any atom is -0.330 e. The van der Waals surface area contributed by atoms with E-state index in [0.29, 0.717) is 0 Å². The highest BCUT2D eigenvalue weighted by molar-refractivity contribution is 7.13. The Labute approximate surface area is 117 Å². The zero-order valence-corrected chi connectivity index (χ0v) is 11.9. The lowest BCUT2D eigenvalue weighted by Gasteiger charge is -2.12. The van der Waals surface area contributed by atoms with Gasteiger partial charge in [-0.25, -0.2) is 4.98 Å². The Morgan fingerprint density at radius 3 is 3.16 bits per heavy atom. The van der Waals surface area contributed by atoms with Gasteiger partial charge in [0.15, 0.2) is 0 Å². The van der Waals surface area contributed by atoms with Crippen LogP contribution in [0.1, 0.15) is 19.8 Å². The topological polar surface area (TPSA) is 53.6 Å². The van der Waals surface area contributed by atoms with E-state index < -0.39 is 0 Å². The van der Waals surface area contributed by atoms with E-state index in [-0.39, 0.29) is 6.04 Å². The van der Waals surface area contributed by atoms with E-state index in [2.05, 4.69) is 39.3 Å². The van der Waals surface area contributed by atoms with Gasteiger partial charge < -0.3 is 9.88 Å². The lowest BCUT2D eigenvalue weighted by molar-refractivity contribution is 0.518. The van der Waals surface area contributed by atoms with Crippen molar-refractivity contribution in [3.05, 3.63) is 29.9 Å². The van der Waals surface area contributed by atoms with Crippen LogP contribution in [-0.2, 0) is 6.54 Å². The number of nitrogens with one attached hydrogen (secondary N) is 1. The minimum absolute atomic E-state index is 0.0847. The maximum atomic E-state index is 9.10. The molecule has 0 radical (unpaired) electrons. The molecule has 2 aromatic heterocycles. The number of aromatic nitrogens is 2. The minimum atomic E-state index is -0.0847. The molecule has 0 saturated carbocycles. The van der Waals surface area contributed by atoms with Crippen LogP contribution < -0.4 is 5.32 Å². The van der Waals surface area contributed by atoms with Crippen molar-refractivity contribution in [3.8, 4) is 16.8 Å². The summed E-state index contributed by atoms with van der Waals surface area (Å²) >= 11 is 1.68. The summed E-state index contributed by atoms with van der Waals surface area (Å²) < 4.78 is 2.11. The van der Waals surface area contributed by atoms with Crippen molar-refractivity contribution in [3.63, 3.8) is 0 Å². The number of rotatable bonds is 7. The van der Waals surface area contributed by atoms with Gasteiger partial charge in [0.25, 0.3) is 0 Å². The molecule has 0 aliphatic carbocycles. The maximum Gasteiger partial charge on any atom is 0.149 e. The van der Waals surface area contributed by atoms with Crippen molar-refractivity contribution in [2.75, 3.05) is 6.54 Å². The average Bonchev–Trinajstić information content (AvgIpc) is 3.09. The highest BCUT2D eigenvalue weighted by Gasteiger charge is 2.10. The molecular weight excluding hydrogens is 256 g/mol. The van der Waals surface area contributed by atoms with E-state index in [1.54, 1.807) is 11.3 Å². The highest BCUT2D eigenvalue weighted by Crippen LogP contribution is 2.23. The fourth-order valence-electron chi connectivity index (χ4n) is 1.92. The van der Waals surface area contributed by atoms with Gasteiger partial charge >= 0.3 is 0 Å². The third kappa shape index (κ3) is 3.66. The van der Waals surface area contributed by atoms with Crippen LogP contribution in [-0.4, -0.2) is 22.1 Å². The van der Waals surface area contributed by atoms with Crippen LogP contribution in [0.4, 0.5) is 0 Å². The zero-order valence-electron chi connectivity index (χ0n) is 11.0. The van der Waals surface area contributed by atoms with E-state index in [1.165, 1.54) is 4.88 Å². The molecule has 0 spiro atoms. The Kier molecular flexibility index (Phi) is 5.13. The summed E-state index contributed by atoms with van der Waals surface area (Å²) in [6, 6.07) is 6.32. The molecule has 0 fully saturated rings. The van der Waals surface area contributed by atoms with Crippen molar-refractivity contribution < 1.29 is 0 Å². The second-order valence-corrected chi connectivity index (χ2v) is 5.29. The van der Waals surface area contributed by atoms with Gasteiger partial charge in [0.2, 0.25) is 0 Å². The van der Waals surface area contributed by atoms with Crippen molar-refractivity contribution in [1.29, 1.82) is 5.26 Å². The normalized spacial score (nSPS) is 12.2. The molecule has 0 amide bonds. The molecule has 1 N–H and O–H groups in total. The van der Waals surface area contributed by atoms with Gasteiger partial charge in [-0.1, -0.05) is 13.0 Å². The van der Waals surface area contributed by atoms with E-state index >= 15 is 0 Å². The number of nitriles is 1. The summed E-state index contributed by atoms with van der Waals surface area (Å²) in [4.78, 5) is 5.56. The van der Waals surface area contributed by atoms with Crippen LogP contribution in [0.25, 0.3) is 10.7 Å². The Hall–Kier alpha value is -1.64. The highest BCUT2D eigenvalue weighted by atomic mass is 32.1. The Morgan fingerprint density at radius 2 is 2.47 bits per heavy atom. The molecule has 4 nitrogen and oxygen atoms in total. The fourth-order valence-corrected chi connectivity index (χ4v) is 2.66. The summed E-state index contributed by atoms with van der Waals surface area (Å²) in [6.07, 6.45) is 5.63. The number of hydrogen-bond acceptors (Lipinski definition) is 4. The van der Waals surface area contributed by atoms with Gasteiger partial charge in [0.05, 0.1) is 17.0 Å². The van der Waals surface area contributed by atoms with Crippen LogP contribution in [0.3, 0.4) is 0 Å². The summed E-state index contributed by atoms with van der Waals surface area (Å²) in [7, 11) is 0. The van der Waals surface area contributed by atoms with Crippen molar-refractivity contribution >= 4 is 11.3 Å². The summed E-state index contributed by atoms with van der Waals surface area (Å²) in [5.41, 5.74) is 0. The van der Waals surface area contributed by atoms with E-state index in [1.807, 2.05) is 18.5 Å². The second kappa shape index (κ2) is 7.07. The Balaban J connectivity index is 1.97. The van der Waals surface area contributed by atoms with Gasteiger partial charge in [-0.2, -0.15) is 5.26 Å². The molecule has 5 heteroatoms. The van der Waals surface area contributed by atoms with Gasteiger partial charge in [-0.3, -0.25) is 0 Å². The lowest BCUT2D eigenvalue weighted by atomic mass is 10.2. The fraction of sp³-hybridized carbons (Fsp3) is 0.429. The third-order valence-corrected chi connectivity index (χ3v) is 3.78. The Morgan fingerprint density at radius 1 is 1.58 bits per heavy atom. The smallest absolute Gasteiger partial charge is 0.149 e. The molecule has 19 heavy (non-hydrogen) atoms. The van der Waals surface area contributed by atoms with Crippen LogP contribution >= 0.6 is 11.3 Å². The van der Waals surface area contributed by atoms with Gasteiger partial charge in [-0.15, -0.1) is 11.3 Å². The third-order valence-electron chi connectivity index (χ3n) is 2.91. The monoisotopic (exact) mass is 274 g/mol. The molecule has 2 rings (SSSR count). The summed E-state index contributed by atoms with van der Waals surface area (Å²) in [5.74, 6) is 0.988. The first-order chi connectivity index (χ1) is 9.35. The van der Waals surface area contributed by atoms with Crippen molar-refractivity contribution in [2.45, 2.75) is 32.4 Å². The molecule has 0 aliphatic rings. The SMILES string of the molecule is CCCNC(C#N)CCn1ccnc1-c1cccs1. The Bertz CT molecular complexity index is 524. The van der Waals surface area contributed by atoms with Crippen molar-refractivity contribution in [1.82, 2.24) is 14.9 Å². The van der Waals surface area contributed by atoms with E-state index in [9.17, 15) is 0 Å². The van der Waals surface area contributed by atoms with E-state index in [0.717, 1.165) is 31.8 Å². The number of aryl methyl sites for hydroxylation is 1. The summed E-state index contributed by atoms with van der Waals surface area (Å²) in [6.45, 7) is 3.80. The molecule has 2 heterocycles. The molecule has 0 bridgehead atoms. The quantitative estimate of drug-likeness (QED) is 0.844. The van der Waals surface area contributed by atoms with Crippen LogP contribution in [0, 0.1) is 11.3 Å². The van der Waals surface area contributed by atoms with Gasteiger partial charge in [0, 0.05) is 18.9 Å². The lowest BCUT2D eigenvalue weighted by Crippen LogP contribution is -2.29. The number of thiophene rings is 1. The van der Waals surface area contributed by atoms with Crippen LogP contribution in [0.5, 0.6) is 0 Å². The van der Waals surface area contributed by atoms with Gasteiger partial charge in [0.1, 0.15) is 5.82 Å². The number of nitrogens with zero attached hydrogens (tertiary/aromatic N) is 3. The number of hydrogen-bond donors (Lipinski definition) is 1. The zero-order chi connectivity index (χ0) is 13.5.